The molecule has 0 atom stereocenters. The standard InChI is InChI=1S/C11H6BrCl2N3OS/c12-5-3-7(14)8(4-6(5)13)18-11-9(10(15)19)16-1-2-17-11/h1-4H,(H2,15,19). The smallest absolute Gasteiger partial charge is 0.248 e. The van der Waals surface area contributed by atoms with Crippen LogP contribution in [-0.2, 0) is 0 Å². The van der Waals surface area contributed by atoms with Gasteiger partial charge in [0.15, 0.2) is 5.69 Å². The van der Waals surface area contributed by atoms with Crippen LogP contribution in [-0.4, -0.2) is 15.0 Å². The van der Waals surface area contributed by atoms with Gasteiger partial charge in [0.05, 0.1) is 10.0 Å². The van der Waals surface area contributed by atoms with Crippen LogP contribution in [0.4, 0.5) is 0 Å². The number of rotatable bonds is 3. The molecule has 8 heteroatoms. The Morgan fingerprint density at radius 1 is 1.21 bits per heavy atom. The molecule has 0 aliphatic carbocycles. The van der Waals surface area contributed by atoms with Crippen LogP contribution in [0.5, 0.6) is 11.6 Å². The first-order valence-electron chi connectivity index (χ1n) is 4.92. The van der Waals surface area contributed by atoms with E-state index in [4.69, 9.17) is 45.9 Å². The minimum atomic E-state index is 0.0856. The van der Waals surface area contributed by atoms with Gasteiger partial charge in [-0.25, -0.2) is 9.97 Å². The number of nitrogens with two attached hydrogens (primary N) is 1. The fourth-order valence-electron chi connectivity index (χ4n) is 1.26. The van der Waals surface area contributed by atoms with Gasteiger partial charge in [0.1, 0.15) is 10.7 Å². The van der Waals surface area contributed by atoms with Gasteiger partial charge in [0.2, 0.25) is 5.88 Å². The molecule has 0 aliphatic heterocycles. The van der Waals surface area contributed by atoms with E-state index in [1.54, 1.807) is 12.1 Å². The van der Waals surface area contributed by atoms with Crippen LogP contribution >= 0.6 is 51.3 Å². The normalized spacial score (nSPS) is 10.3. The molecule has 98 valence electrons. The summed E-state index contributed by atoms with van der Waals surface area (Å²) >= 11 is 20.2. The van der Waals surface area contributed by atoms with Crippen molar-refractivity contribution in [2.75, 3.05) is 0 Å². The topological polar surface area (TPSA) is 61.0 Å². The Bertz CT molecular complexity index is 654. The highest BCUT2D eigenvalue weighted by atomic mass is 79.9. The lowest BCUT2D eigenvalue weighted by atomic mass is 10.3. The van der Waals surface area contributed by atoms with Crippen LogP contribution in [0.1, 0.15) is 5.69 Å². The number of benzene rings is 1. The first-order chi connectivity index (χ1) is 8.99. The van der Waals surface area contributed by atoms with Crippen molar-refractivity contribution in [3.8, 4) is 11.6 Å². The summed E-state index contributed by atoms with van der Waals surface area (Å²) in [5, 5.41) is 0.830. The van der Waals surface area contributed by atoms with Crippen LogP contribution in [0.25, 0.3) is 0 Å². The van der Waals surface area contributed by atoms with Gasteiger partial charge in [-0.15, -0.1) is 0 Å². The van der Waals surface area contributed by atoms with E-state index in [0.29, 0.717) is 20.3 Å². The Morgan fingerprint density at radius 2 is 1.89 bits per heavy atom. The van der Waals surface area contributed by atoms with Crippen LogP contribution in [0.15, 0.2) is 29.0 Å². The van der Waals surface area contributed by atoms with Gasteiger partial charge in [-0.05, 0) is 22.0 Å². The van der Waals surface area contributed by atoms with Gasteiger partial charge in [-0.2, -0.15) is 0 Å². The summed E-state index contributed by atoms with van der Waals surface area (Å²) in [7, 11) is 0. The first kappa shape index (κ1) is 14.5. The number of halogens is 3. The van der Waals surface area contributed by atoms with Gasteiger partial charge in [-0.3, -0.25) is 0 Å². The van der Waals surface area contributed by atoms with Crippen molar-refractivity contribution in [2.45, 2.75) is 0 Å². The maximum absolute atomic E-state index is 6.06. The van der Waals surface area contributed by atoms with Crippen molar-refractivity contribution in [3.05, 3.63) is 44.7 Å². The van der Waals surface area contributed by atoms with E-state index in [-0.39, 0.29) is 16.6 Å². The summed E-state index contributed by atoms with van der Waals surface area (Å²) in [5.41, 5.74) is 5.83. The lowest BCUT2D eigenvalue weighted by Gasteiger charge is -2.10. The maximum atomic E-state index is 6.06. The van der Waals surface area contributed by atoms with E-state index >= 15 is 0 Å². The highest BCUT2D eigenvalue weighted by molar-refractivity contribution is 9.10. The van der Waals surface area contributed by atoms with E-state index in [1.807, 2.05) is 0 Å². The minimum absolute atomic E-state index is 0.0856. The molecule has 0 unspecified atom stereocenters. The average molecular weight is 379 g/mol. The summed E-state index contributed by atoms with van der Waals surface area (Å²) in [6.07, 6.45) is 2.93. The summed E-state index contributed by atoms with van der Waals surface area (Å²) in [6.45, 7) is 0. The zero-order valence-electron chi connectivity index (χ0n) is 9.23. The molecule has 1 heterocycles. The van der Waals surface area contributed by atoms with Crippen LogP contribution in [0.2, 0.25) is 10.0 Å². The Labute approximate surface area is 133 Å². The number of hydrogen-bond donors (Lipinski definition) is 1. The lowest BCUT2D eigenvalue weighted by molar-refractivity contribution is 0.459. The third-order valence-corrected chi connectivity index (χ3v) is 3.77. The number of ether oxygens (including phenoxy) is 1. The van der Waals surface area contributed by atoms with Crippen molar-refractivity contribution in [1.29, 1.82) is 0 Å². The third kappa shape index (κ3) is 3.33. The highest BCUT2D eigenvalue weighted by Crippen LogP contribution is 2.36. The van der Waals surface area contributed by atoms with E-state index in [9.17, 15) is 0 Å². The molecule has 0 spiro atoms. The zero-order valence-corrected chi connectivity index (χ0v) is 13.1. The van der Waals surface area contributed by atoms with Crippen molar-refractivity contribution >= 4 is 56.3 Å². The van der Waals surface area contributed by atoms with E-state index in [2.05, 4.69) is 25.9 Å². The van der Waals surface area contributed by atoms with Crippen molar-refractivity contribution in [2.24, 2.45) is 5.73 Å². The van der Waals surface area contributed by atoms with Gasteiger partial charge in [-0.1, -0.05) is 35.4 Å². The van der Waals surface area contributed by atoms with Gasteiger partial charge in [0.25, 0.3) is 0 Å². The number of nitrogens with zero attached hydrogens (tertiary/aromatic N) is 2. The first-order valence-corrected chi connectivity index (χ1v) is 6.88. The summed E-state index contributed by atoms with van der Waals surface area (Å²) in [4.78, 5) is 8.11. The molecule has 0 aliphatic rings. The Morgan fingerprint density at radius 3 is 2.58 bits per heavy atom. The molecular formula is C11H6BrCl2N3OS. The van der Waals surface area contributed by atoms with E-state index in [1.165, 1.54) is 12.4 Å². The SMILES string of the molecule is NC(=S)c1nccnc1Oc1cc(Cl)c(Br)cc1Cl. The second-order valence-corrected chi connectivity index (χ2v) is 5.48. The molecule has 4 nitrogen and oxygen atoms in total. The zero-order chi connectivity index (χ0) is 14.0. The molecule has 19 heavy (non-hydrogen) atoms. The predicted molar refractivity (Wildman–Crippen MR) is 82.2 cm³/mol. The van der Waals surface area contributed by atoms with Crippen LogP contribution in [0.3, 0.4) is 0 Å². The third-order valence-electron chi connectivity index (χ3n) is 2.08. The maximum Gasteiger partial charge on any atom is 0.248 e. The number of thiocarbonyl (C=S) groups is 1. The molecule has 0 saturated carbocycles. The predicted octanol–water partition coefficient (Wildman–Crippen LogP) is 3.97. The van der Waals surface area contributed by atoms with Crippen LogP contribution < -0.4 is 10.5 Å². The second-order valence-electron chi connectivity index (χ2n) is 3.37. The summed E-state index contributed by atoms with van der Waals surface area (Å²) in [5.74, 6) is 0.517. The molecule has 0 radical (unpaired) electrons. The molecule has 0 amide bonds. The number of hydrogen-bond acceptors (Lipinski definition) is 4. The average Bonchev–Trinajstić information content (AvgIpc) is 2.36. The largest absolute Gasteiger partial charge is 0.435 e. The Balaban J connectivity index is 2.42. The monoisotopic (exact) mass is 377 g/mol. The summed E-state index contributed by atoms with van der Waals surface area (Å²) in [6, 6.07) is 3.18. The Hall–Kier alpha value is -0.950. The summed E-state index contributed by atoms with van der Waals surface area (Å²) < 4.78 is 6.23. The molecule has 2 rings (SSSR count). The van der Waals surface area contributed by atoms with Crippen molar-refractivity contribution in [1.82, 2.24) is 9.97 Å². The Kier molecular flexibility index (Phi) is 4.57. The molecule has 0 fully saturated rings. The van der Waals surface area contributed by atoms with E-state index in [0.717, 1.165) is 0 Å². The van der Waals surface area contributed by atoms with Crippen LogP contribution in [0, 0.1) is 0 Å². The van der Waals surface area contributed by atoms with Gasteiger partial charge < -0.3 is 10.5 Å². The quantitative estimate of drug-likeness (QED) is 0.646. The molecule has 1 aromatic heterocycles. The molecule has 2 aromatic rings. The second kappa shape index (κ2) is 6.00. The molecule has 0 saturated heterocycles. The fourth-order valence-corrected chi connectivity index (χ4v) is 2.23. The van der Waals surface area contributed by atoms with Gasteiger partial charge in [0, 0.05) is 22.9 Å². The van der Waals surface area contributed by atoms with Crippen molar-refractivity contribution in [3.63, 3.8) is 0 Å². The molecule has 0 bridgehead atoms. The lowest BCUT2D eigenvalue weighted by Crippen LogP contribution is -2.13. The molecular weight excluding hydrogens is 373 g/mol. The molecule has 2 N–H and O–H groups in total. The fraction of sp³-hybridized carbons (Fsp3) is 0. The van der Waals surface area contributed by atoms with E-state index < -0.39 is 0 Å². The number of aromatic nitrogens is 2. The highest BCUT2D eigenvalue weighted by Gasteiger charge is 2.13. The van der Waals surface area contributed by atoms with Crippen molar-refractivity contribution < 1.29 is 4.74 Å². The minimum Gasteiger partial charge on any atom is -0.435 e. The molecule has 1 aromatic carbocycles. The van der Waals surface area contributed by atoms with Gasteiger partial charge >= 0.3 is 0 Å².